The number of ether oxygens (including phenoxy) is 2. The van der Waals surface area contributed by atoms with Crippen molar-refractivity contribution in [2.75, 3.05) is 31.6 Å². The summed E-state index contributed by atoms with van der Waals surface area (Å²) in [6.45, 7) is 8.13. The zero-order valence-electron chi connectivity index (χ0n) is 27.8. The SMILES string of the molecule is C=CCc1cc(CCOCC2CC2)ccc1OC(Cc1ccccc1)C(O)CNCCC(=O)Nc1ccc(C2=NNC(=O)CC2C)cc1. The van der Waals surface area contributed by atoms with Crippen molar-refractivity contribution < 1.29 is 24.2 Å². The van der Waals surface area contributed by atoms with Crippen molar-refractivity contribution in [2.24, 2.45) is 16.9 Å². The van der Waals surface area contributed by atoms with Gasteiger partial charge in [0.25, 0.3) is 0 Å². The second-order valence-corrected chi connectivity index (χ2v) is 12.8. The summed E-state index contributed by atoms with van der Waals surface area (Å²) in [4.78, 5) is 24.2. The van der Waals surface area contributed by atoms with Gasteiger partial charge >= 0.3 is 0 Å². The van der Waals surface area contributed by atoms with Gasteiger partial charge in [-0.3, -0.25) is 9.59 Å². The molecule has 0 aromatic heterocycles. The molecule has 0 saturated heterocycles. The second-order valence-electron chi connectivity index (χ2n) is 12.8. The van der Waals surface area contributed by atoms with Gasteiger partial charge in [0.05, 0.1) is 12.3 Å². The van der Waals surface area contributed by atoms with Crippen molar-refractivity contribution in [3.63, 3.8) is 0 Å². The Labute approximate surface area is 283 Å². The van der Waals surface area contributed by atoms with Gasteiger partial charge in [-0.15, -0.1) is 6.58 Å². The molecule has 1 fully saturated rings. The zero-order chi connectivity index (χ0) is 33.7. The molecule has 5 rings (SSSR count). The van der Waals surface area contributed by atoms with Crippen LogP contribution in [0.3, 0.4) is 0 Å². The fourth-order valence-corrected chi connectivity index (χ4v) is 5.74. The van der Waals surface area contributed by atoms with Crippen LogP contribution in [0.4, 0.5) is 5.69 Å². The molecule has 1 aliphatic carbocycles. The fourth-order valence-electron chi connectivity index (χ4n) is 5.74. The Morgan fingerprint density at radius 1 is 1.10 bits per heavy atom. The number of nitrogens with zero attached hydrogens (tertiary/aromatic N) is 1. The Balaban J connectivity index is 1.12. The molecule has 4 N–H and O–H groups in total. The lowest BCUT2D eigenvalue weighted by atomic mass is 9.94. The van der Waals surface area contributed by atoms with Gasteiger partial charge in [0.2, 0.25) is 11.8 Å². The minimum Gasteiger partial charge on any atom is -0.487 e. The van der Waals surface area contributed by atoms with Gasteiger partial charge in [-0.2, -0.15) is 5.10 Å². The predicted molar refractivity (Wildman–Crippen MR) is 189 cm³/mol. The molecule has 3 aromatic rings. The van der Waals surface area contributed by atoms with Crippen LogP contribution in [0.1, 0.15) is 54.9 Å². The van der Waals surface area contributed by atoms with Crippen molar-refractivity contribution in [1.82, 2.24) is 10.7 Å². The molecule has 0 bridgehead atoms. The smallest absolute Gasteiger partial charge is 0.240 e. The molecule has 1 aliphatic heterocycles. The molecular formula is C39H48N4O5. The van der Waals surface area contributed by atoms with Gasteiger partial charge in [0.1, 0.15) is 18.0 Å². The van der Waals surface area contributed by atoms with E-state index in [2.05, 4.69) is 39.9 Å². The first kappa shape index (κ1) is 35.0. The van der Waals surface area contributed by atoms with E-state index in [1.807, 2.05) is 73.7 Å². The summed E-state index contributed by atoms with van der Waals surface area (Å²) < 4.78 is 12.4. The summed E-state index contributed by atoms with van der Waals surface area (Å²) in [5.41, 5.74) is 8.23. The van der Waals surface area contributed by atoms with Crippen molar-refractivity contribution in [3.8, 4) is 5.75 Å². The average molecular weight is 653 g/mol. The number of hydrazone groups is 1. The maximum absolute atomic E-state index is 12.7. The standard InChI is InChI=1S/C39H48N4O5/c1-3-7-32-23-29(19-21-47-26-30-10-11-30)12-17-35(32)48-36(24-28-8-5-4-6-9-28)34(44)25-40-20-18-37(45)41-33-15-13-31(14-16-33)39-27(2)22-38(46)42-43-39/h3-6,8-9,12-17,23,27,30,34,36,40,44H,1,7,10-11,18-22,24-26H2,2H3,(H,41,45)(H,42,46). The molecule has 48 heavy (non-hydrogen) atoms. The first-order valence-corrected chi connectivity index (χ1v) is 17.0. The van der Waals surface area contributed by atoms with Crippen molar-refractivity contribution >= 4 is 23.2 Å². The summed E-state index contributed by atoms with van der Waals surface area (Å²) in [6.07, 6.45) is 5.78. The van der Waals surface area contributed by atoms with E-state index in [9.17, 15) is 14.7 Å². The first-order valence-electron chi connectivity index (χ1n) is 17.0. The van der Waals surface area contributed by atoms with Gasteiger partial charge in [-0.05, 0) is 72.1 Å². The molecule has 0 radical (unpaired) electrons. The number of rotatable bonds is 19. The third-order valence-electron chi connectivity index (χ3n) is 8.67. The number of hydrogen-bond acceptors (Lipinski definition) is 7. The Kier molecular flexibility index (Phi) is 12.9. The number of nitrogens with one attached hydrogen (secondary N) is 3. The summed E-state index contributed by atoms with van der Waals surface area (Å²) in [5.74, 6) is 1.29. The van der Waals surface area contributed by atoms with E-state index in [1.165, 1.54) is 18.4 Å². The maximum atomic E-state index is 12.7. The Morgan fingerprint density at radius 2 is 1.90 bits per heavy atom. The number of benzene rings is 3. The number of hydrogen-bond donors (Lipinski definition) is 4. The number of allylic oxidation sites excluding steroid dienone is 1. The van der Waals surface area contributed by atoms with Crippen molar-refractivity contribution in [3.05, 3.63) is 108 Å². The molecule has 1 saturated carbocycles. The largest absolute Gasteiger partial charge is 0.487 e. The van der Waals surface area contributed by atoms with Gasteiger partial charge in [-0.25, -0.2) is 5.43 Å². The van der Waals surface area contributed by atoms with E-state index < -0.39 is 12.2 Å². The summed E-state index contributed by atoms with van der Waals surface area (Å²) in [5, 5.41) is 21.7. The number of carbonyl (C=O) groups is 2. The zero-order valence-corrected chi connectivity index (χ0v) is 27.8. The van der Waals surface area contributed by atoms with Crippen LogP contribution in [0.2, 0.25) is 0 Å². The highest BCUT2D eigenvalue weighted by molar-refractivity contribution is 6.06. The van der Waals surface area contributed by atoms with Crippen LogP contribution in [0.5, 0.6) is 5.75 Å². The third-order valence-corrected chi connectivity index (χ3v) is 8.67. The quantitative estimate of drug-likeness (QED) is 0.104. The first-order chi connectivity index (χ1) is 23.4. The molecule has 1 heterocycles. The van der Waals surface area contributed by atoms with Gasteiger partial charge in [0.15, 0.2) is 0 Å². The van der Waals surface area contributed by atoms with Crippen LogP contribution in [0, 0.1) is 11.8 Å². The van der Waals surface area contributed by atoms with E-state index in [0.29, 0.717) is 38.1 Å². The highest BCUT2D eigenvalue weighted by Gasteiger charge is 2.24. The molecule has 9 heteroatoms. The van der Waals surface area contributed by atoms with Gasteiger partial charge in [0, 0.05) is 50.6 Å². The van der Waals surface area contributed by atoms with Crippen LogP contribution in [0.25, 0.3) is 0 Å². The monoisotopic (exact) mass is 652 g/mol. The molecule has 0 spiro atoms. The molecule has 2 amide bonds. The van der Waals surface area contributed by atoms with Crippen LogP contribution in [-0.2, 0) is 33.6 Å². The minimum atomic E-state index is -0.817. The van der Waals surface area contributed by atoms with E-state index in [4.69, 9.17) is 9.47 Å². The van der Waals surface area contributed by atoms with E-state index >= 15 is 0 Å². The fraction of sp³-hybridized carbons (Fsp3) is 0.410. The van der Waals surface area contributed by atoms with Crippen LogP contribution in [0.15, 0.2) is 90.6 Å². The summed E-state index contributed by atoms with van der Waals surface area (Å²) in [7, 11) is 0. The third kappa shape index (κ3) is 10.9. The predicted octanol–water partition coefficient (Wildman–Crippen LogP) is 5.21. The lowest BCUT2D eigenvalue weighted by Crippen LogP contribution is -2.41. The Morgan fingerprint density at radius 3 is 2.62 bits per heavy atom. The normalized spacial score (nSPS) is 17.2. The lowest BCUT2D eigenvalue weighted by Gasteiger charge is -2.26. The second kappa shape index (κ2) is 17.7. The summed E-state index contributed by atoms with van der Waals surface area (Å²) in [6, 6.07) is 23.7. The molecule has 254 valence electrons. The highest BCUT2D eigenvalue weighted by Crippen LogP contribution is 2.29. The number of amides is 2. The molecule has 3 aromatic carbocycles. The molecular weight excluding hydrogens is 604 g/mol. The van der Waals surface area contributed by atoms with E-state index in [1.54, 1.807) is 0 Å². The molecule has 3 unspecified atom stereocenters. The average Bonchev–Trinajstić information content (AvgIpc) is 3.91. The van der Waals surface area contributed by atoms with Crippen molar-refractivity contribution in [2.45, 2.75) is 64.1 Å². The topological polar surface area (TPSA) is 121 Å². The van der Waals surface area contributed by atoms with Crippen LogP contribution >= 0.6 is 0 Å². The number of aliphatic hydroxyl groups is 1. The molecule has 2 aliphatic rings. The van der Waals surface area contributed by atoms with Crippen LogP contribution in [-0.4, -0.2) is 61.1 Å². The number of anilines is 1. The molecule has 3 atom stereocenters. The number of carbonyl (C=O) groups excluding carboxylic acids is 2. The highest BCUT2D eigenvalue weighted by atomic mass is 16.5. The summed E-state index contributed by atoms with van der Waals surface area (Å²) >= 11 is 0. The number of aliphatic hydroxyl groups excluding tert-OH is 1. The van der Waals surface area contributed by atoms with Crippen LogP contribution < -0.4 is 20.8 Å². The lowest BCUT2D eigenvalue weighted by molar-refractivity contribution is -0.122. The van der Waals surface area contributed by atoms with E-state index in [0.717, 1.165) is 47.1 Å². The van der Waals surface area contributed by atoms with Crippen molar-refractivity contribution in [1.29, 1.82) is 0 Å². The van der Waals surface area contributed by atoms with E-state index in [-0.39, 0.29) is 30.7 Å². The maximum Gasteiger partial charge on any atom is 0.240 e. The minimum absolute atomic E-state index is 0.0274. The van der Waals surface area contributed by atoms with Gasteiger partial charge in [-0.1, -0.05) is 67.6 Å². The Hall–Kier alpha value is -4.31. The Bertz CT molecular complexity index is 1540. The molecule has 9 nitrogen and oxygen atoms in total. The van der Waals surface area contributed by atoms with Gasteiger partial charge < -0.3 is 25.2 Å².